The molecule has 1 aromatic carbocycles. The molecule has 0 N–H and O–H groups in total. The number of nitrogens with zero attached hydrogens (tertiary/aromatic N) is 4. The molecule has 2 aliphatic rings. The number of carbonyl (C=O) groups excluding carboxylic acids is 2. The van der Waals surface area contributed by atoms with Crippen molar-refractivity contribution in [3.05, 3.63) is 58.3 Å². The molecule has 3 heterocycles. The molecular formula is C25H31BrN4O3. The van der Waals surface area contributed by atoms with Gasteiger partial charge in [0, 0.05) is 74.4 Å². The number of aryl methyl sites for hydroxylation is 1. The summed E-state index contributed by atoms with van der Waals surface area (Å²) in [6, 6.07) is 11.4. The van der Waals surface area contributed by atoms with Gasteiger partial charge in [-0.15, -0.1) is 0 Å². The molecule has 0 aliphatic carbocycles. The minimum absolute atomic E-state index is 0.0291. The third-order valence-electron chi connectivity index (χ3n) is 6.57. The maximum absolute atomic E-state index is 13.2. The highest BCUT2D eigenvalue weighted by atomic mass is 79.9. The zero-order valence-corrected chi connectivity index (χ0v) is 20.8. The Morgan fingerprint density at radius 2 is 1.88 bits per heavy atom. The first kappa shape index (κ1) is 23.7. The predicted octanol–water partition coefficient (Wildman–Crippen LogP) is 3.23. The lowest BCUT2D eigenvalue weighted by Gasteiger charge is -2.40. The van der Waals surface area contributed by atoms with E-state index in [9.17, 15) is 9.59 Å². The first-order chi connectivity index (χ1) is 15.9. The van der Waals surface area contributed by atoms with Crippen molar-refractivity contribution < 1.29 is 14.3 Å². The quantitative estimate of drug-likeness (QED) is 0.612. The molecule has 4 rings (SSSR count). The van der Waals surface area contributed by atoms with E-state index in [2.05, 4.69) is 32.9 Å². The number of hydrogen-bond donors (Lipinski definition) is 0. The summed E-state index contributed by atoms with van der Waals surface area (Å²) in [5.74, 6) is 0.807. The average Bonchev–Trinajstić information content (AvgIpc) is 2.80. The number of likely N-dealkylation sites (tertiary alicyclic amines) is 1. The summed E-state index contributed by atoms with van der Waals surface area (Å²) in [5.41, 5.74) is 1.34. The van der Waals surface area contributed by atoms with Gasteiger partial charge in [0.1, 0.15) is 11.9 Å². The number of hydrogen-bond acceptors (Lipinski definition) is 5. The average molecular weight is 515 g/mol. The summed E-state index contributed by atoms with van der Waals surface area (Å²) < 4.78 is 7.30. The number of carbonyl (C=O) groups is 2. The second-order valence-electron chi connectivity index (χ2n) is 8.94. The zero-order valence-electron chi connectivity index (χ0n) is 19.2. The van der Waals surface area contributed by atoms with E-state index in [0.717, 1.165) is 42.1 Å². The molecule has 0 radical (unpaired) electrons. The minimum atomic E-state index is -0.130. The van der Waals surface area contributed by atoms with Gasteiger partial charge in [-0.2, -0.15) is 0 Å². The normalized spacial score (nSPS) is 21.7. The van der Waals surface area contributed by atoms with Crippen molar-refractivity contribution in [2.75, 3.05) is 46.3 Å². The molecule has 7 nitrogen and oxygen atoms in total. The first-order valence-electron chi connectivity index (χ1n) is 11.5. The molecule has 2 amide bonds. The fraction of sp³-hybridized carbons (Fsp3) is 0.480. The van der Waals surface area contributed by atoms with Gasteiger partial charge in [-0.1, -0.05) is 22.0 Å². The lowest BCUT2D eigenvalue weighted by Crippen LogP contribution is -2.51. The molecule has 0 unspecified atom stereocenters. The highest BCUT2D eigenvalue weighted by Gasteiger charge is 2.36. The number of ether oxygens (including phenoxy) is 1. The van der Waals surface area contributed by atoms with Crippen molar-refractivity contribution in [2.24, 2.45) is 5.92 Å². The van der Waals surface area contributed by atoms with Crippen LogP contribution in [-0.2, 0) is 4.79 Å². The topological polar surface area (TPSA) is 66.0 Å². The van der Waals surface area contributed by atoms with Crippen molar-refractivity contribution in [3.8, 4) is 5.75 Å². The number of likely N-dealkylation sites (N-methyl/N-ethyl adjacent to an activating group) is 1. The van der Waals surface area contributed by atoms with Crippen LogP contribution < -0.4 is 4.74 Å². The Labute approximate surface area is 203 Å². The van der Waals surface area contributed by atoms with Crippen molar-refractivity contribution in [1.82, 2.24) is 19.7 Å². The fourth-order valence-corrected chi connectivity index (χ4v) is 4.93. The van der Waals surface area contributed by atoms with Gasteiger partial charge in [0.15, 0.2) is 0 Å². The lowest BCUT2D eigenvalue weighted by atomic mass is 9.90. The third kappa shape index (κ3) is 5.92. The van der Waals surface area contributed by atoms with E-state index in [1.165, 1.54) is 0 Å². The molecule has 2 atom stereocenters. The van der Waals surface area contributed by atoms with Crippen LogP contribution in [0.5, 0.6) is 5.75 Å². The Hall–Kier alpha value is -2.45. The predicted molar refractivity (Wildman–Crippen MR) is 130 cm³/mol. The van der Waals surface area contributed by atoms with Gasteiger partial charge < -0.3 is 19.4 Å². The van der Waals surface area contributed by atoms with Crippen molar-refractivity contribution in [2.45, 2.75) is 25.9 Å². The van der Waals surface area contributed by atoms with Gasteiger partial charge in [0.05, 0.1) is 5.56 Å². The molecule has 0 spiro atoms. The van der Waals surface area contributed by atoms with E-state index >= 15 is 0 Å². The van der Waals surface area contributed by atoms with E-state index in [-0.39, 0.29) is 23.8 Å². The molecule has 0 bridgehead atoms. The Bertz CT molecular complexity index is 993. The van der Waals surface area contributed by atoms with Gasteiger partial charge in [-0.05, 0) is 44.3 Å². The molecule has 8 heteroatoms. The summed E-state index contributed by atoms with van der Waals surface area (Å²) in [6.07, 6.45) is 2.62. The maximum Gasteiger partial charge on any atom is 0.255 e. The molecular weight excluding hydrogens is 484 g/mol. The summed E-state index contributed by atoms with van der Waals surface area (Å²) >= 11 is 3.50. The highest BCUT2D eigenvalue weighted by Crippen LogP contribution is 2.29. The van der Waals surface area contributed by atoms with Crippen LogP contribution in [0.1, 0.15) is 28.9 Å². The van der Waals surface area contributed by atoms with Crippen LogP contribution in [0.2, 0.25) is 0 Å². The molecule has 2 saturated heterocycles. The van der Waals surface area contributed by atoms with Crippen LogP contribution in [0.15, 0.2) is 47.1 Å². The van der Waals surface area contributed by atoms with E-state index in [1.807, 2.05) is 47.1 Å². The summed E-state index contributed by atoms with van der Waals surface area (Å²) in [5, 5.41) is 0. The number of halogens is 1. The molecule has 2 fully saturated rings. The Kier molecular flexibility index (Phi) is 7.65. The van der Waals surface area contributed by atoms with Gasteiger partial charge in [0.2, 0.25) is 5.91 Å². The first-order valence-corrected chi connectivity index (χ1v) is 12.3. The molecule has 176 valence electrons. The SMILES string of the molecule is Cc1ncccc1C(=O)N1CC[C@H](Oc2cccc(Br)c2)[C@@H](CC(=O)N2CCN(C)CC2)C1. The van der Waals surface area contributed by atoms with Crippen molar-refractivity contribution in [3.63, 3.8) is 0 Å². The Morgan fingerprint density at radius 1 is 1.09 bits per heavy atom. The van der Waals surface area contributed by atoms with E-state index in [0.29, 0.717) is 31.5 Å². The molecule has 2 aliphatic heterocycles. The smallest absolute Gasteiger partial charge is 0.255 e. The number of piperidine rings is 1. The number of pyridine rings is 1. The Morgan fingerprint density at radius 3 is 2.61 bits per heavy atom. The monoisotopic (exact) mass is 514 g/mol. The molecule has 2 aromatic rings. The maximum atomic E-state index is 13.2. The lowest BCUT2D eigenvalue weighted by molar-refractivity contribution is -0.135. The summed E-state index contributed by atoms with van der Waals surface area (Å²) in [7, 11) is 2.08. The Balaban J connectivity index is 1.50. The number of benzene rings is 1. The van der Waals surface area contributed by atoms with Crippen molar-refractivity contribution in [1.29, 1.82) is 0 Å². The molecule has 0 saturated carbocycles. The third-order valence-corrected chi connectivity index (χ3v) is 7.06. The largest absolute Gasteiger partial charge is 0.490 e. The van der Waals surface area contributed by atoms with Crippen LogP contribution in [0.4, 0.5) is 0 Å². The number of amides is 2. The van der Waals surface area contributed by atoms with Crippen LogP contribution in [-0.4, -0.2) is 83.9 Å². The van der Waals surface area contributed by atoms with Crippen LogP contribution in [0.25, 0.3) is 0 Å². The second kappa shape index (κ2) is 10.7. The van der Waals surface area contributed by atoms with E-state index in [4.69, 9.17) is 4.74 Å². The number of aromatic nitrogens is 1. The van der Waals surface area contributed by atoms with Crippen LogP contribution in [0.3, 0.4) is 0 Å². The van der Waals surface area contributed by atoms with Crippen molar-refractivity contribution >= 4 is 27.7 Å². The standard InChI is InChI=1S/C25H31BrN4O3/c1-18-22(7-4-9-27-18)25(32)30-10-8-23(33-21-6-3-5-20(26)16-21)19(17-30)15-24(31)29-13-11-28(2)12-14-29/h3-7,9,16,19,23H,8,10-15,17H2,1-2H3/t19-,23-/m0/s1. The number of rotatable bonds is 5. The molecule has 1 aromatic heterocycles. The molecule has 33 heavy (non-hydrogen) atoms. The van der Waals surface area contributed by atoms with E-state index < -0.39 is 0 Å². The minimum Gasteiger partial charge on any atom is -0.490 e. The van der Waals surface area contributed by atoms with Gasteiger partial charge in [0.25, 0.3) is 5.91 Å². The highest BCUT2D eigenvalue weighted by molar-refractivity contribution is 9.10. The second-order valence-corrected chi connectivity index (χ2v) is 9.85. The fourth-order valence-electron chi connectivity index (χ4n) is 4.55. The zero-order chi connectivity index (χ0) is 23.4. The van der Waals surface area contributed by atoms with Crippen LogP contribution >= 0.6 is 15.9 Å². The summed E-state index contributed by atoms with van der Waals surface area (Å²) in [4.78, 5) is 36.7. The van der Waals surface area contributed by atoms with Gasteiger partial charge in [-0.25, -0.2) is 0 Å². The van der Waals surface area contributed by atoms with Gasteiger partial charge in [-0.3, -0.25) is 14.6 Å². The van der Waals surface area contributed by atoms with Gasteiger partial charge >= 0.3 is 0 Å². The summed E-state index contributed by atoms with van der Waals surface area (Å²) in [6.45, 7) is 6.20. The van der Waals surface area contributed by atoms with E-state index in [1.54, 1.807) is 12.3 Å². The van der Waals surface area contributed by atoms with Crippen LogP contribution in [0, 0.1) is 12.8 Å². The number of piperazine rings is 1.